The summed E-state index contributed by atoms with van der Waals surface area (Å²) in [4.78, 5) is 21.5. The second-order valence-electron chi connectivity index (χ2n) is 4.30. The van der Waals surface area contributed by atoms with Crippen molar-refractivity contribution < 1.29 is 23.2 Å². The molecule has 1 amide bonds. The lowest BCUT2D eigenvalue weighted by atomic mass is 10.3. The monoisotopic (exact) mass is 373 g/mol. The van der Waals surface area contributed by atoms with Crippen LogP contribution in [0, 0.1) is 10.1 Å². The molecule has 0 saturated heterocycles. The van der Waals surface area contributed by atoms with Gasteiger partial charge in [-0.25, -0.2) is 8.78 Å². The van der Waals surface area contributed by atoms with Crippen LogP contribution in [0.3, 0.4) is 0 Å². The van der Waals surface area contributed by atoms with E-state index in [1.165, 1.54) is 12.1 Å². The molecule has 1 aromatic rings. The molecule has 0 spiro atoms. The molecule has 11 heteroatoms. The molecule has 3 N–H and O–H groups in total. The number of nitrogens with one attached hydrogen (secondary N) is 1. The lowest BCUT2D eigenvalue weighted by Crippen LogP contribution is -2.41. The van der Waals surface area contributed by atoms with Gasteiger partial charge < -0.3 is 15.8 Å². The summed E-state index contributed by atoms with van der Waals surface area (Å²) in [7, 11) is 0. The largest absolute Gasteiger partial charge is 0.486 e. The van der Waals surface area contributed by atoms with E-state index in [1.54, 1.807) is 0 Å². The maximum Gasteiger partial charge on any atom is 0.312 e. The zero-order chi connectivity index (χ0) is 16.8. The molecule has 0 radical (unpaired) electrons. The van der Waals surface area contributed by atoms with E-state index in [-0.39, 0.29) is 41.9 Å². The Hall–Kier alpha value is -1.71. The average Bonchev–Trinajstić information content (AvgIpc) is 2.46. The highest BCUT2D eigenvalue weighted by Crippen LogP contribution is 2.29. The molecule has 1 rings (SSSR count). The highest BCUT2D eigenvalue weighted by Gasteiger charge is 2.27. The van der Waals surface area contributed by atoms with Gasteiger partial charge in [0.25, 0.3) is 5.92 Å². The first-order chi connectivity index (χ1) is 10.2. The van der Waals surface area contributed by atoms with Gasteiger partial charge in [0.15, 0.2) is 5.75 Å². The van der Waals surface area contributed by atoms with Crippen molar-refractivity contribution in [3.05, 3.63) is 33.3 Å². The number of carbonyl (C=O) groups excluding carboxylic acids is 1. The predicted octanol–water partition coefficient (Wildman–Crippen LogP) is 2.15. The lowest BCUT2D eigenvalue weighted by molar-refractivity contribution is -0.385. The van der Waals surface area contributed by atoms with Crippen molar-refractivity contribution in [1.29, 1.82) is 0 Å². The summed E-state index contributed by atoms with van der Waals surface area (Å²) in [6.07, 6.45) is -0.236. The minimum atomic E-state index is -3.18. The summed E-state index contributed by atoms with van der Waals surface area (Å²) >= 11 is 5.64. The van der Waals surface area contributed by atoms with Crippen LogP contribution in [0.25, 0.3) is 0 Å². The summed E-state index contributed by atoms with van der Waals surface area (Å²) in [6, 6.07) is 3.80. The van der Waals surface area contributed by atoms with E-state index >= 15 is 0 Å². The van der Waals surface area contributed by atoms with E-state index in [0.29, 0.717) is 0 Å². The quantitative estimate of drug-likeness (QED) is 0.536. The molecule has 7 nitrogen and oxygen atoms in total. The molecule has 0 saturated carbocycles. The number of nitro groups is 1. The van der Waals surface area contributed by atoms with Gasteiger partial charge in [-0.3, -0.25) is 14.9 Å². The summed E-state index contributed by atoms with van der Waals surface area (Å²) in [5, 5.41) is 13.0. The van der Waals surface area contributed by atoms with Crippen LogP contribution >= 0.6 is 24.0 Å². The number of nitrogens with zero attached hydrogens (tertiary/aromatic N) is 1. The van der Waals surface area contributed by atoms with Crippen LogP contribution < -0.4 is 15.8 Å². The molecule has 0 heterocycles. The molecule has 0 aliphatic rings. The molecule has 0 bridgehead atoms. The number of hydrogen-bond acceptors (Lipinski definition) is 5. The number of benzene rings is 1. The number of ether oxygens (including phenoxy) is 1. The number of rotatable bonds is 8. The van der Waals surface area contributed by atoms with Crippen molar-refractivity contribution in [2.24, 2.45) is 5.73 Å². The fraction of sp³-hybridized carbons (Fsp3) is 0.417. The van der Waals surface area contributed by atoms with E-state index in [4.69, 9.17) is 22.1 Å². The third kappa shape index (κ3) is 7.40. The van der Waals surface area contributed by atoms with E-state index < -0.39 is 29.8 Å². The third-order valence-corrected chi connectivity index (χ3v) is 2.78. The second kappa shape index (κ2) is 9.43. The minimum Gasteiger partial charge on any atom is -0.486 e. The number of hydrogen-bond donors (Lipinski definition) is 2. The van der Waals surface area contributed by atoms with Crippen LogP contribution in [-0.4, -0.2) is 36.4 Å². The standard InChI is InChI=1S/C12H14ClF2N3O4.ClH/c13-8-1-2-10(9(5-8)18(20)21)22-4-3-11(19)17-7-12(14,15)6-16;/h1-2,5H,3-4,6-7,16H2,(H,17,19);1H. The SMILES string of the molecule is Cl.NCC(F)(F)CNC(=O)CCOc1ccc(Cl)cc1[N+](=O)[O-]. The average molecular weight is 374 g/mol. The summed E-state index contributed by atoms with van der Waals surface area (Å²) < 4.78 is 30.8. The first kappa shape index (κ1) is 21.3. The van der Waals surface area contributed by atoms with Crippen molar-refractivity contribution in [2.45, 2.75) is 12.3 Å². The van der Waals surface area contributed by atoms with Crippen LogP contribution in [0.15, 0.2) is 18.2 Å². The molecule has 23 heavy (non-hydrogen) atoms. The van der Waals surface area contributed by atoms with E-state index in [1.807, 2.05) is 5.32 Å². The van der Waals surface area contributed by atoms with Crippen molar-refractivity contribution >= 4 is 35.6 Å². The van der Waals surface area contributed by atoms with Gasteiger partial charge in [0.05, 0.1) is 31.0 Å². The van der Waals surface area contributed by atoms with Gasteiger partial charge in [0.2, 0.25) is 5.91 Å². The highest BCUT2D eigenvalue weighted by molar-refractivity contribution is 6.30. The Morgan fingerprint density at radius 1 is 1.48 bits per heavy atom. The third-order valence-electron chi connectivity index (χ3n) is 2.55. The number of nitrogens with two attached hydrogens (primary N) is 1. The van der Waals surface area contributed by atoms with Crippen LogP contribution in [0.1, 0.15) is 6.42 Å². The minimum absolute atomic E-state index is 0. The first-order valence-corrected chi connectivity index (χ1v) is 6.54. The Balaban J connectivity index is 0.00000484. The zero-order valence-electron chi connectivity index (χ0n) is 11.8. The van der Waals surface area contributed by atoms with Crippen molar-refractivity contribution in [3.63, 3.8) is 0 Å². The Labute approximate surface area is 141 Å². The number of amides is 1. The number of nitro benzene ring substituents is 1. The van der Waals surface area contributed by atoms with Crippen LogP contribution in [-0.2, 0) is 4.79 Å². The predicted molar refractivity (Wildman–Crippen MR) is 82.5 cm³/mol. The highest BCUT2D eigenvalue weighted by atomic mass is 35.5. The normalized spacial score (nSPS) is 10.6. The zero-order valence-corrected chi connectivity index (χ0v) is 13.3. The summed E-state index contributed by atoms with van der Waals surface area (Å²) in [6.45, 7) is -1.95. The van der Waals surface area contributed by atoms with Gasteiger partial charge in [-0.05, 0) is 12.1 Å². The second-order valence-corrected chi connectivity index (χ2v) is 4.74. The Morgan fingerprint density at radius 2 is 2.13 bits per heavy atom. The summed E-state index contributed by atoms with van der Waals surface area (Å²) in [5.74, 6) is -3.91. The van der Waals surface area contributed by atoms with Gasteiger partial charge in [0, 0.05) is 11.1 Å². The Kier molecular flexibility index (Phi) is 8.73. The van der Waals surface area contributed by atoms with Crippen molar-refractivity contribution in [1.82, 2.24) is 5.32 Å². The van der Waals surface area contributed by atoms with E-state index in [9.17, 15) is 23.7 Å². The van der Waals surface area contributed by atoms with E-state index in [0.717, 1.165) is 6.07 Å². The molecular weight excluding hydrogens is 359 g/mol. The van der Waals surface area contributed by atoms with Crippen molar-refractivity contribution in [2.75, 3.05) is 19.7 Å². The first-order valence-electron chi connectivity index (χ1n) is 6.16. The van der Waals surface area contributed by atoms with Crippen LogP contribution in [0.4, 0.5) is 14.5 Å². The number of alkyl halides is 2. The molecule has 1 aromatic carbocycles. The molecule has 0 aromatic heterocycles. The van der Waals surface area contributed by atoms with Gasteiger partial charge in [-0.2, -0.15) is 0 Å². The van der Waals surface area contributed by atoms with Gasteiger partial charge in [0.1, 0.15) is 0 Å². The van der Waals surface area contributed by atoms with Crippen LogP contribution in [0.5, 0.6) is 5.75 Å². The summed E-state index contributed by atoms with van der Waals surface area (Å²) in [5.41, 5.74) is 4.48. The van der Waals surface area contributed by atoms with Crippen LogP contribution in [0.2, 0.25) is 5.02 Å². The van der Waals surface area contributed by atoms with E-state index in [2.05, 4.69) is 0 Å². The molecule has 0 fully saturated rings. The number of halogens is 4. The smallest absolute Gasteiger partial charge is 0.312 e. The van der Waals surface area contributed by atoms with Gasteiger partial charge in [-0.15, -0.1) is 12.4 Å². The van der Waals surface area contributed by atoms with Gasteiger partial charge >= 0.3 is 5.69 Å². The topological polar surface area (TPSA) is 107 Å². The molecule has 130 valence electrons. The molecule has 0 aliphatic heterocycles. The molecule has 0 unspecified atom stereocenters. The van der Waals surface area contributed by atoms with Gasteiger partial charge in [-0.1, -0.05) is 11.6 Å². The Bertz CT molecular complexity index is 561. The van der Waals surface area contributed by atoms with Crippen molar-refractivity contribution in [3.8, 4) is 5.75 Å². The molecule has 0 atom stereocenters. The molecular formula is C12H15Cl2F2N3O4. The Morgan fingerprint density at radius 3 is 2.70 bits per heavy atom. The maximum absolute atomic E-state index is 12.8. The lowest BCUT2D eigenvalue weighted by Gasteiger charge is -2.14. The fourth-order valence-electron chi connectivity index (χ4n) is 1.40. The number of carbonyl (C=O) groups is 1. The molecule has 0 aliphatic carbocycles. The maximum atomic E-state index is 12.8. The fourth-order valence-corrected chi connectivity index (χ4v) is 1.56.